The Hall–Kier alpha value is -2.61. The average molecular weight is 403 g/mol. The van der Waals surface area contributed by atoms with Gasteiger partial charge in [0.2, 0.25) is 0 Å². The Bertz CT molecular complexity index is 718. The van der Waals surface area contributed by atoms with Crippen molar-refractivity contribution in [3.8, 4) is 5.75 Å². The third-order valence-electron chi connectivity index (χ3n) is 4.27. The van der Waals surface area contributed by atoms with Gasteiger partial charge in [0.1, 0.15) is 25.0 Å². The molecule has 0 fully saturated rings. The molecule has 1 aromatic heterocycles. The first kappa shape index (κ1) is 22.7. The molecule has 0 saturated carbocycles. The summed E-state index contributed by atoms with van der Waals surface area (Å²) < 4.78 is 13.3. The van der Waals surface area contributed by atoms with Crippen molar-refractivity contribution in [2.75, 3.05) is 32.9 Å². The van der Waals surface area contributed by atoms with Crippen LogP contribution in [0.25, 0.3) is 0 Å². The number of unbranched alkanes of at least 4 members (excludes halogenated alkanes) is 1. The summed E-state index contributed by atoms with van der Waals surface area (Å²) in [6.45, 7) is 11.1. The van der Waals surface area contributed by atoms with E-state index >= 15 is 0 Å². The number of nitrogens with one attached hydrogen (secondary N) is 2. The fraction of sp³-hybridized carbons (Fsp3) is 0.571. The van der Waals surface area contributed by atoms with Gasteiger partial charge in [0.25, 0.3) is 0 Å². The van der Waals surface area contributed by atoms with Gasteiger partial charge in [0.15, 0.2) is 5.96 Å². The molecular weight excluding hydrogens is 368 g/mol. The van der Waals surface area contributed by atoms with Crippen molar-refractivity contribution < 1.29 is 9.47 Å². The van der Waals surface area contributed by atoms with Crippen LogP contribution in [0.4, 0.5) is 0 Å². The van der Waals surface area contributed by atoms with E-state index in [1.54, 1.807) is 12.7 Å². The molecule has 0 spiro atoms. The molecule has 0 radical (unpaired) electrons. The molecule has 1 heterocycles. The Labute approximate surface area is 173 Å². The zero-order chi connectivity index (χ0) is 20.7. The Morgan fingerprint density at radius 3 is 2.69 bits per heavy atom. The summed E-state index contributed by atoms with van der Waals surface area (Å²) >= 11 is 0. The summed E-state index contributed by atoms with van der Waals surface area (Å²) in [7, 11) is 0. The third-order valence-corrected chi connectivity index (χ3v) is 4.27. The van der Waals surface area contributed by atoms with Gasteiger partial charge in [-0.3, -0.25) is 0 Å². The first-order valence-corrected chi connectivity index (χ1v) is 10.4. The Morgan fingerprint density at radius 2 is 1.93 bits per heavy atom. The normalized spacial score (nSPS) is 11.5. The molecule has 0 unspecified atom stereocenters. The fourth-order valence-corrected chi connectivity index (χ4v) is 2.75. The number of nitrogens with zero attached hydrogens (tertiary/aromatic N) is 4. The minimum Gasteiger partial charge on any atom is -0.491 e. The topological polar surface area (TPSA) is 85.6 Å². The molecule has 0 amide bonds. The molecule has 0 atom stereocenters. The van der Waals surface area contributed by atoms with E-state index in [0.29, 0.717) is 26.4 Å². The van der Waals surface area contributed by atoms with Crippen LogP contribution >= 0.6 is 0 Å². The van der Waals surface area contributed by atoms with E-state index in [9.17, 15) is 0 Å². The van der Waals surface area contributed by atoms with Crippen molar-refractivity contribution in [1.29, 1.82) is 0 Å². The van der Waals surface area contributed by atoms with Gasteiger partial charge in [-0.05, 0) is 45.2 Å². The zero-order valence-electron chi connectivity index (χ0n) is 17.9. The molecule has 0 aliphatic carbocycles. The predicted octanol–water partition coefficient (Wildman–Crippen LogP) is 2.54. The van der Waals surface area contributed by atoms with Crippen LogP contribution in [0.1, 0.15) is 37.8 Å². The average Bonchev–Trinajstić information content (AvgIpc) is 3.23. The van der Waals surface area contributed by atoms with Crippen molar-refractivity contribution in [3.05, 3.63) is 42.0 Å². The molecular formula is C21H34N6O2. The Kier molecular flexibility index (Phi) is 10.6. The predicted molar refractivity (Wildman–Crippen MR) is 115 cm³/mol. The molecule has 0 aliphatic rings. The number of hydrogen-bond acceptors (Lipinski definition) is 5. The van der Waals surface area contributed by atoms with E-state index in [2.05, 4.69) is 52.9 Å². The Balaban J connectivity index is 1.84. The van der Waals surface area contributed by atoms with Crippen LogP contribution < -0.4 is 15.4 Å². The van der Waals surface area contributed by atoms with E-state index in [0.717, 1.165) is 49.7 Å². The highest BCUT2D eigenvalue weighted by atomic mass is 16.5. The van der Waals surface area contributed by atoms with Gasteiger partial charge in [0.05, 0.1) is 13.2 Å². The summed E-state index contributed by atoms with van der Waals surface area (Å²) in [5.74, 6) is 1.69. The minimum absolute atomic E-state index is 0.540. The molecule has 2 aromatic rings. The molecule has 8 nitrogen and oxygen atoms in total. The van der Waals surface area contributed by atoms with Crippen LogP contribution in [0.3, 0.4) is 0 Å². The lowest BCUT2D eigenvalue weighted by molar-refractivity contribution is 0.110. The van der Waals surface area contributed by atoms with E-state index in [-0.39, 0.29) is 0 Å². The first-order valence-electron chi connectivity index (χ1n) is 10.4. The number of aliphatic imine (C=N–C) groups is 1. The van der Waals surface area contributed by atoms with E-state index < -0.39 is 0 Å². The summed E-state index contributed by atoms with van der Waals surface area (Å²) in [4.78, 5) is 4.72. The number of rotatable bonds is 13. The molecule has 1 aromatic carbocycles. The standard InChI is InChI=1S/C21H34N6O2/c1-4-22-21(23-10-6-7-11-27-16-25-26-17-27)24-15-19-9-8-18(3)14-20(19)29-13-12-28-5-2/h8-9,14,16-17H,4-7,10-13,15H2,1-3H3,(H2,22,23,24). The summed E-state index contributed by atoms with van der Waals surface area (Å²) in [6, 6.07) is 6.23. The monoisotopic (exact) mass is 402 g/mol. The maximum absolute atomic E-state index is 5.91. The molecule has 0 aliphatic heterocycles. The van der Waals surface area contributed by atoms with Gasteiger partial charge in [0, 0.05) is 31.8 Å². The van der Waals surface area contributed by atoms with Crippen LogP contribution in [0.15, 0.2) is 35.8 Å². The number of aromatic nitrogens is 3. The second-order valence-electron chi connectivity index (χ2n) is 6.69. The third kappa shape index (κ3) is 8.95. The highest BCUT2D eigenvalue weighted by Crippen LogP contribution is 2.21. The number of benzene rings is 1. The van der Waals surface area contributed by atoms with Gasteiger partial charge >= 0.3 is 0 Å². The number of aryl methyl sites for hydroxylation is 2. The maximum atomic E-state index is 5.91. The van der Waals surface area contributed by atoms with E-state index in [1.165, 1.54) is 5.56 Å². The van der Waals surface area contributed by atoms with Crippen molar-refractivity contribution in [1.82, 2.24) is 25.4 Å². The number of guanidine groups is 1. The maximum Gasteiger partial charge on any atom is 0.191 e. The van der Waals surface area contributed by atoms with E-state index in [4.69, 9.17) is 14.5 Å². The summed E-state index contributed by atoms with van der Waals surface area (Å²) in [5.41, 5.74) is 2.24. The van der Waals surface area contributed by atoms with Crippen molar-refractivity contribution in [3.63, 3.8) is 0 Å². The lowest BCUT2D eigenvalue weighted by atomic mass is 10.1. The largest absolute Gasteiger partial charge is 0.491 e. The number of hydrogen-bond donors (Lipinski definition) is 2. The molecule has 2 rings (SSSR count). The summed E-state index contributed by atoms with van der Waals surface area (Å²) in [5, 5.41) is 14.3. The zero-order valence-corrected chi connectivity index (χ0v) is 17.9. The SMILES string of the molecule is CCNC(=NCc1ccc(C)cc1OCCOCC)NCCCCn1cnnc1. The van der Waals surface area contributed by atoms with Crippen LogP contribution in [0.5, 0.6) is 5.75 Å². The fourth-order valence-electron chi connectivity index (χ4n) is 2.75. The van der Waals surface area contributed by atoms with Crippen molar-refractivity contribution >= 4 is 5.96 Å². The van der Waals surface area contributed by atoms with Crippen LogP contribution in [0, 0.1) is 6.92 Å². The highest BCUT2D eigenvalue weighted by Gasteiger charge is 2.05. The van der Waals surface area contributed by atoms with Gasteiger partial charge in [-0.2, -0.15) is 0 Å². The molecule has 2 N–H and O–H groups in total. The highest BCUT2D eigenvalue weighted by molar-refractivity contribution is 5.79. The van der Waals surface area contributed by atoms with Gasteiger partial charge < -0.3 is 24.7 Å². The molecule has 29 heavy (non-hydrogen) atoms. The van der Waals surface area contributed by atoms with Gasteiger partial charge in [-0.1, -0.05) is 12.1 Å². The smallest absolute Gasteiger partial charge is 0.191 e. The quantitative estimate of drug-likeness (QED) is 0.304. The van der Waals surface area contributed by atoms with Crippen LogP contribution in [-0.2, 0) is 17.8 Å². The summed E-state index contributed by atoms with van der Waals surface area (Å²) in [6.07, 6.45) is 5.59. The van der Waals surface area contributed by atoms with Crippen LogP contribution in [-0.4, -0.2) is 53.6 Å². The van der Waals surface area contributed by atoms with Gasteiger partial charge in [-0.15, -0.1) is 10.2 Å². The second-order valence-corrected chi connectivity index (χ2v) is 6.69. The van der Waals surface area contributed by atoms with Crippen LogP contribution in [0.2, 0.25) is 0 Å². The lowest BCUT2D eigenvalue weighted by Gasteiger charge is -2.14. The van der Waals surface area contributed by atoms with E-state index in [1.807, 2.05) is 11.5 Å². The van der Waals surface area contributed by atoms with Gasteiger partial charge in [-0.25, -0.2) is 4.99 Å². The first-order chi connectivity index (χ1) is 14.2. The number of ether oxygens (including phenoxy) is 2. The lowest BCUT2D eigenvalue weighted by Crippen LogP contribution is -2.37. The molecule has 0 saturated heterocycles. The Morgan fingerprint density at radius 1 is 1.10 bits per heavy atom. The van der Waals surface area contributed by atoms with Crippen molar-refractivity contribution in [2.24, 2.45) is 4.99 Å². The molecule has 160 valence electrons. The second kappa shape index (κ2) is 13.5. The van der Waals surface area contributed by atoms with Crippen molar-refractivity contribution in [2.45, 2.75) is 46.7 Å². The minimum atomic E-state index is 0.540. The molecule has 8 heteroatoms. The molecule has 0 bridgehead atoms.